The lowest BCUT2D eigenvalue weighted by Gasteiger charge is -2.35. The van der Waals surface area contributed by atoms with Crippen LogP contribution in [0.25, 0.3) is 110 Å². The van der Waals surface area contributed by atoms with Gasteiger partial charge in [0.25, 0.3) is 0 Å². The van der Waals surface area contributed by atoms with Gasteiger partial charge in [0.1, 0.15) is 0 Å². The van der Waals surface area contributed by atoms with Gasteiger partial charge in [-0.1, -0.05) is 334 Å². The molecule has 96 heavy (non-hydrogen) atoms. The fourth-order valence-corrected chi connectivity index (χ4v) is 25.6. The Hall–Kier alpha value is -11.9. The van der Waals surface area contributed by atoms with Crippen molar-refractivity contribution in [3.8, 4) is 44.8 Å². The van der Waals surface area contributed by atoms with Crippen molar-refractivity contribution in [2.24, 2.45) is 0 Å². The van der Waals surface area contributed by atoms with Crippen molar-refractivity contribution in [1.82, 2.24) is 9.13 Å². The number of aromatic nitrogens is 2. The highest BCUT2D eigenvalue weighted by Gasteiger charge is 2.43. The highest BCUT2D eigenvalue weighted by Crippen LogP contribution is 2.40. The van der Waals surface area contributed by atoms with Gasteiger partial charge >= 0.3 is 0 Å². The van der Waals surface area contributed by atoms with Crippen LogP contribution < -0.4 is 41.5 Å². The predicted octanol–water partition coefficient (Wildman–Crippen LogP) is 17.9. The second-order valence-electron chi connectivity index (χ2n) is 25.5. The molecule has 0 atom stereocenters. The number of nitrogens with zero attached hydrogens (tertiary/aromatic N) is 2. The van der Waals surface area contributed by atoms with Gasteiger partial charge in [0, 0.05) is 38.3 Å². The van der Waals surface area contributed by atoms with E-state index in [0.717, 1.165) is 11.4 Å². The van der Waals surface area contributed by atoms with Crippen LogP contribution in [-0.2, 0) is 0 Å². The van der Waals surface area contributed by atoms with Crippen LogP contribution in [0.1, 0.15) is 0 Å². The van der Waals surface area contributed by atoms with Crippen LogP contribution in [0.3, 0.4) is 0 Å². The summed E-state index contributed by atoms with van der Waals surface area (Å²) in [5.41, 5.74) is 14.2. The molecule has 0 aliphatic heterocycles. The molecule has 0 unspecified atom stereocenters. The van der Waals surface area contributed by atoms with E-state index in [2.05, 4.69) is 397 Å². The Morgan fingerprint density at radius 3 is 1.04 bits per heavy atom. The molecule has 0 bridgehead atoms. The lowest BCUT2D eigenvalue weighted by molar-refractivity contribution is 1.18. The SMILES string of the molecule is c1ccc([Si](c2ccccc2)(c2ccc(-c3ccc4ccc5c6ccccc6n(-c6cccc(-c7cccc([Si](c8ccccc8)(c8ccccc8)c8ccccc8)c7)c6)c5c4c3)cc2)c2cccc(-c3cccc(-n4c5ccccc5c5cc6ccccc6cc54)c3)c2)cc1. The maximum absolute atomic E-state index is 2.99. The van der Waals surface area contributed by atoms with Crippen molar-refractivity contribution in [2.75, 3.05) is 0 Å². The minimum absolute atomic E-state index is 1.13. The molecule has 2 heterocycles. The number of rotatable bonds is 13. The molecule has 450 valence electrons. The molecular weight excluding hydrogens is 1190 g/mol. The van der Waals surface area contributed by atoms with E-state index in [0.29, 0.717) is 0 Å². The van der Waals surface area contributed by atoms with E-state index >= 15 is 0 Å². The summed E-state index contributed by atoms with van der Waals surface area (Å²) in [6, 6.07) is 146. The maximum atomic E-state index is 2.51. The quantitative estimate of drug-likeness (QED) is 0.0804. The largest absolute Gasteiger partial charge is 0.309 e. The molecule has 0 amide bonds. The number of hydrogen-bond acceptors (Lipinski definition) is 0. The average molecular weight is 1250 g/mol. The lowest BCUT2D eigenvalue weighted by atomic mass is 9.99. The molecule has 4 heteroatoms. The molecule has 0 fully saturated rings. The topological polar surface area (TPSA) is 9.86 Å². The first-order valence-electron chi connectivity index (χ1n) is 33.3. The minimum atomic E-state index is -2.99. The van der Waals surface area contributed by atoms with Crippen molar-refractivity contribution >= 4 is 123 Å². The maximum Gasteiger partial charge on any atom is 0.179 e. The molecule has 0 radical (unpaired) electrons. The molecule has 2 aromatic heterocycles. The van der Waals surface area contributed by atoms with Crippen molar-refractivity contribution in [2.45, 2.75) is 0 Å². The predicted molar refractivity (Wildman–Crippen MR) is 414 cm³/mol. The first kappa shape index (κ1) is 56.8. The summed E-state index contributed by atoms with van der Waals surface area (Å²) in [6.45, 7) is 0. The van der Waals surface area contributed by atoms with E-state index in [9.17, 15) is 0 Å². The first-order chi connectivity index (χ1) is 47.6. The van der Waals surface area contributed by atoms with E-state index in [1.54, 1.807) is 0 Å². The van der Waals surface area contributed by atoms with Gasteiger partial charge in [-0.05, 0) is 146 Å². The Kier molecular flexibility index (Phi) is 13.9. The third-order valence-corrected chi connectivity index (χ3v) is 29.9. The third kappa shape index (κ3) is 9.28. The summed E-state index contributed by atoms with van der Waals surface area (Å²) in [7, 11) is -5.76. The number of fused-ring (bicyclic) bond motifs is 9. The summed E-state index contributed by atoms with van der Waals surface area (Å²) >= 11 is 0. The van der Waals surface area contributed by atoms with Crippen LogP contribution in [0.5, 0.6) is 0 Å². The third-order valence-electron chi connectivity index (χ3n) is 20.3. The van der Waals surface area contributed by atoms with Crippen molar-refractivity contribution in [3.63, 3.8) is 0 Å². The molecule has 0 aliphatic rings. The fraction of sp³-hybridized carbons (Fsp3) is 0. The van der Waals surface area contributed by atoms with Crippen LogP contribution >= 0.6 is 0 Å². The van der Waals surface area contributed by atoms with Gasteiger partial charge in [-0.3, -0.25) is 0 Å². The highest BCUT2D eigenvalue weighted by atomic mass is 28.3. The smallest absolute Gasteiger partial charge is 0.179 e. The van der Waals surface area contributed by atoms with E-state index in [4.69, 9.17) is 0 Å². The summed E-state index contributed by atoms with van der Waals surface area (Å²) in [5, 5.41) is 20.7. The van der Waals surface area contributed by atoms with Gasteiger partial charge in [-0.25, -0.2) is 0 Å². The zero-order valence-corrected chi connectivity index (χ0v) is 54.8. The number of para-hydroxylation sites is 2. The van der Waals surface area contributed by atoms with Gasteiger partial charge in [-0.2, -0.15) is 0 Å². The van der Waals surface area contributed by atoms with E-state index < -0.39 is 16.1 Å². The Balaban J connectivity index is 0.751. The molecule has 18 aromatic rings. The summed E-state index contributed by atoms with van der Waals surface area (Å²) in [6.07, 6.45) is 0. The van der Waals surface area contributed by atoms with Crippen LogP contribution in [0.2, 0.25) is 0 Å². The normalized spacial score (nSPS) is 12.0. The van der Waals surface area contributed by atoms with Gasteiger partial charge in [0.15, 0.2) is 16.1 Å². The van der Waals surface area contributed by atoms with Crippen molar-refractivity contribution in [3.05, 3.63) is 388 Å². The Labute approximate surface area is 561 Å². The lowest BCUT2D eigenvalue weighted by Crippen LogP contribution is -2.74. The second kappa shape index (κ2) is 23.6. The highest BCUT2D eigenvalue weighted by molar-refractivity contribution is 7.20. The first-order valence-corrected chi connectivity index (χ1v) is 37.3. The molecule has 0 aliphatic carbocycles. The molecule has 0 saturated heterocycles. The molecule has 18 rings (SSSR count). The summed E-state index contributed by atoms with van der Waals surface area (Å²) in [5.74, 6) is 0. The molecular formula is C92H64N2Si2. The van der Waals surface area contributed by atoms with Crippen LogP contribution in [-0.4, -0.2) is 25.3 Å². The van der Waals surface area contributed by atoms with E-state index in [1.165, 1.54) is 140 Å². The van der Waals surface area contributed by atoms with E-state index in [-0.39, 0.29) is 0 Å². The molecule has 0 N–H and O–H groups in total. The van der Waals surface area contributed by atoms with Crippen LogP contribution in [0.15, 0.2) is 388 Å². The Bertz CT molecular complexity index is 5800. The average Bonchev–Trinajstić information content (AvgIpc) is 1.23. The van der Waals surface area contributed by atoms with Gasteiger partial charge < -0.3 is 9.13 Å². The summed E-state index contributed by atoms with van der Waals surface area (Å²) in [4.78, 5) is 0. The minimum Gasteiger partial charge on any atom is -0.309 e. The Morgan fingerprint density at radius 1 is 0.167 bits per heavy atom. The van der Waals surface area contributed by atoms with E-state index in [1.807, 2.05) is 0 Å². The molecule has 16 aromatic carbocycles. The molecule has 0 saturated carbocycles. The van der Waals surface area contributed by atoms with Crippen LogP contribution in [0, 0.1) is 0 Å². The molecule has 0 spiro atoms. The fourth-order valence-electron chi connectivity index (χ4n) is 16.0. The van der Waals surface area contributed by atoms with Crippen molar-refractivity contribution < 1.29 is 0 Å². The zero-order chi connectivity index (χ0) is 63.6. The second-order valence-corrected chi connectivity index (χ2v) is 33.1. The monoisotopic (exact) mass is 1250 g/mol. The van der Waals surface area contributed by atoms with Gasteiger partial charge in [0.2, 0.25) is 0 Å². The van der Waals surface area contributed by atoms with Gasteiger partial charge in [0.05, 0.1) is 22.1 Å². The van der Waals surface area contributed by atoms with Crippen molar-refractivity contribution in [1.29, 1.82) is 0 Å². The van der Waals surface area contributed by atoms with Crippen LogP contribution in [0.4, 0.5) is 0 Å². The number of hydrogen-bond donors (Lipinski definition) is 0. The number of benzene rings is 16. The van der Waals surface area contributed by atoms with Gasteiger partial charge in [-0.15, -0.1) is 0 Å². The Morgan fingerprint density at radius 2 is 0.531 bits per heavy atom. The standard InChI is InChI=1S/C92H64N2Si2/c1-6-34-76(35-7-1)95(77-36-8-2-9-37-77,78-38-10-3-11-39-78)82-44-24-31-70(60-82)68-29-23-33-75(59-68)94-90-49-21-18-46-84(90)86-57-54-66-50-51-73(62-87(66)92(86)94)65-52-55-81(56-53-65)96(79-40-12-4-13-41-79,80-42-14-5-15-43-80)83-45-25-30-69(61-83)67-28-22-32-74(58-67)93-89-48-20-19-47-85(89)88-63-71-26-16-17-27-72(71)64-91(88)93/h1-64H. The molecule has 2 nitrogen and oxygen atoms in total. The summed E-state index contributed by atoms with van der Waals surface area (Å²) < 4.78 is 4.96. The zero-order valence-electron chi connectivity index (χ0n) is 52.8.